The summed E-state index contributed by atoms with van der Waals surface area (Å²) in [4.78, 5) is 2.73. The highest BCUT2D eigenvalue weighted by Crippen LogP contribution is 2.22. The lowest BCUT2D eigenvalue weighted by Gasteiger charge is -2.36. The van der Waals surface area contributed by atoms with E-state index in [2.05, 4.69) is 42.3 Å². The van der Waals surface area contributed by atoms with Gasteiger partial charge in [0.15, 0.2) is 0 Å². The van der Waals surface area contributed by atoms with Crippen molar-refractivity contribution in [1.29, 1.82) is 0 Å². The predicted molar refractivity (Wildman–Crippen MR) is 91.1 cm³/mol. The minimum Gasteiger partial charge on any atom is -0.381 e. The molecule has 22 heavy (non-hydrogen) atoms. The van der Waals surface area contributed by atoms with Crippen LogP contribution in [0, 0.1) is 19.8 Å². The Kier molecular flexibility index (Phi) is 5.51. The second-order valence-corrected chi connectivity index (χ2v) is 7.13. The van der Waals surface area contributed by atoms with Gasteiger partial charge in [0.2, 0.25) is 0 Å². The highest BCUT2D eigenvalue weighted by molar-refractivity contribution is 5.28. The SMILES string of the molecule is Cc1cc(C)cc(CN(C[C@H]2CCNC2)C2CCOCC2)c1. The van der Waals surface area contributed by atoms with Crippen LogP contribution in [0.25, 0.3) is 0 Å². The first-order valence-corrected chi connectivity index (χ1v) is 8.80. The lowest BCUT2D eigenvalue weighted by atomic mass is 10.0. The van der Waals surface area contributed by atoms with Gasteiger partial charge in [-0.3, -0.25) is 4.90 Å². The molecule has 1 aromatic carbocycles. The largest absolute Gasteiger partial charge is 0.381 e. The minimum atomic E-state index is 0.690. The van der Waals surface area contributed by atoms with Crippen molar-refractivity contribution in [2.75, 3.05) is 32.8 Å². The molecule has 2 aliphatic heterocycles. The zero-order chi connectivity index (χ0) is 15.4. The summed E-state index contributed by atoms with van der Waals surface area (Å²) < 4.78 is 5.57. The van der Waals surface area contributed by atoms with Gasteiger partial charge in [-0.1, -0.05) is 29.3 Å². The lowest BCUT2D eigenvalue weighted by molar-refractivity contribution is 0.0258. The molecule has 0 unspecified atom stereocenters. The summed E-state index contributed by atoms with van der Waals surface area (Å²) in [7, 11) is 0. The molecular weight excluding hydrogens is 272 g/mol. The van der Waals surface area contributed by atoms with Gasteiger partial charge in [-0.25, -0.2) is 0 Å². The maximum Gasteiger partial charge on any atom is 0.0480 e. The highest BCUT2D eigenvalue weighted by atomic mass is 16.5. The molecule has 0 bridgehead atoms. The fourth-order valence-corrected chi connectivity index (χ4v) is 3.99. The summed E-state index contributed by atoms with van der Waals surface area (Å²) in [6.07, 6.45) is 3.70. The molecular formula is C19H30N2O. The van der Waals surface area contributed by atoms with Gasteiger partial charge in [-0.15, -0.1) is 0 Å². The Bertz CT molecular complexity index is 456. The Morgan fingerprint density at radius 1 is 1.09 bits per heavy atom. The normalized spacial score (nSPS) is 23.3. The summed E-state index contributed by atoms with van der Waals surface area (Å²) in [5.41, 5.74) is 4.23. The molecule has 3 rings (SSSR count). The average Bonchev–Trinajstić information content (AvgIpc) is 2.99. The molecule has 3 heteroatoms. The van der Waals surface area contributed by atoms with Crippen LogP contribution < -0.4 is 5.32 Å². The first-order chi connectivity index (χ1) is 10.7. The second-order valence-electron chi connectivity index (χ2n) is 7.13. The fourth-order valence-electron chi connectivity index (χ4n) is 3.99. The van der Waals surface area contributed by atoms with E-state index in [1.54, 1.807) is 0 Å². The average molecular weight is 302 g/mol. The van der Waals surface area contributed by atoms with Crippen molar-refractivity contribution in [2.24, 2.45) is 5.92 Å². The number of rotatable bonds is 5. The molecule has 0 amide bonds. The number of nitrogens with one attached hydrogen (secondary N) is 1. The first kappa shape index (κ1) is 16.0. The van der Waals surface area contributed by atoms with Gasteiger partial charge in [0.05, 0.1) is 0 Å². The molecule has 1 atom stereocenters. The number of ether oxygens (including phenoxy) is 1. The molecule has 1 N–H and O–H groups in total. The molecule has 0 radical (unpaired) electrons. The Balaban J connectivity index is 1.71. The van der Waals surface area contributed by atoms with E-state index in [0.29, 0.717) is 6.04 Å². The van der Waals surface area contributed by atoms with Crippen molar-refractivity contribution >= 4 is 0 Å². The number of aryl methyl sites for hydroxylation is 2. The van der Waals surface area contributed by atoms with Gasteiger partial charge in [0.25, 0.3) is 0 Å². The summed E-state index contributed by atoms with van der Waals surface area (Å²) in [5.74, 6) is 0.814. The lowest BCUT2D eigenvalue weighted by Crippen LogP contribution is -2.42. The summed E-state index contributed by atoms with van der Waals surface area (Å²) >= 11 is 0. The molecule has 2 saturated heterocycles. The van der Waals surface area contributed by atoms with Crippen LogP contribution in [-0.2, 0) is 11.3 Å². The van der Waals surface area contributed by atoms with Crippen LogP contribution in [0.2, 0.25) is 0 Å². The van der Waals surface area contributed by atoms with Crippen molar-refractivity contribution in [3.63, 3.8) is 0 Å². The van der Waals surface area contributed by atoms with E-state index >= 15 is 0 Å². The van der Waals surface area contributed by atoms with Crippen LogP contribution in [0.4, 0.5) is 0 Å². The van der Waals surface area contributed by atoms with Gasteiger partial charge >= 0.3 is 0 Å². The van der Waals surface area contributed by atoms with E-state index in [4.69, 9.17) is 4.74 Å². The molecule has 2 heterocycles. The van der Waals surface area contributed by atoms with Gasteiger partial charge < -0.3 is 10.1 Å². The summed E-state index contributed by atoms with van der Waals surface area (Å²) in [6.45, 7) is 11.0. The molecule has 3 nitrogen and oxygen atoms in total. The quantitative estimate of drug-likeness (QED) is 0.905. The molecule has 2 aliphatic rings. The van der Waals surface area contributed by atoms with Crippen LogP contribution in [0.3, 0.4) is 0 Å². The molecule has 0 saturated carbocycles. The third-order valence-electron chi connectivity index (χ3n) is 5.03. The highest BCUT2D eigenvalue weighted by Gasteiger charge is 2.25. The van der Waals surface area contributed by atoms with E-state index in [9.17, 15) is 0 Å². The molecule has 122 valence electrons. The van der Waals surface area contributed by atoms with Crippen LogP contribution in [0.1, 0.15) is 36.0 Å². The van der Waals surface area contributed by atoms with E-state index in [1.807, 2.05) is 0 Å². The monoisotopic (exact) mass is 302 g/mol. The van der Waals surface area contributed by atoms with Crippen LogP contribution in [0.5, 0.6) is 0 Å². The summed E-state index contributed by atoms with van der Waals surface area (Å²) in [5, 5.41) is 3.51. The molecule has 0 aromatic heterocycles. The number of hydrogen-bond donors (Lipinski definition) is 1. The van der Waals surface area contributed by atoms with Gasteiger partial charge in [-0.2, -0.15) is 0 Å². The molecule has 0 spiro atoms. The van der Waals surface area contributed by atoms with Gasteiger partial charge in [-0.05, 0) is 57.7 Å². The van der Waals surface area contributed by atoms with Crippen LogP contribution in [0.15, 0.2) is 18.2 Å². The van der Waals surface area contributed by atoms with Crippen molar-refractivity contribution in [2.45, 2.75) is 45.7 Å². The smallest absolute Gasteiger partial charge is 0.0480 e. The van der Waals surface area contributed by atoms with Crippen LogP contribution >= 0.6 is 0 Å². The Labute approximate surface area is 135 Å². The van der Waals surface area contributed by atoms with Crippen molar-refractivity contribution < 1.29 is 4.74 Å². The Morgan fingerprint density at radius 3 is 2.45 bits per heavy atom. The molecule has 0 aliphatic carbocycles. The number of benzene rings is 1. The van der Waals surface area contributed by atoms with E-state index < -0.39 is 0 Å². The summed E-state index contributed by atoms with van der Waals surface area (Å²) in [6, 6.07) is 7.66. The van der Waals surface area contributed by atoms with Crippen molar-refractivity contribution in [3.8, 4) is 0 Å². The van der Waals surface area contributed by atoms with E-state index in [1.165, 1.54) is 55.6 Å². The standard InChI is InChI=1S/C19H30N2O/c1-15-9-16(2)11-18(10-15)14-21(13-17-3-6-20-12-17)19-4-7-22-8-5-19/h9-11,17,19-20H,3-8,12-14H2,1-2H3/t17-/m0/s1. The fraction of sp³-hybridized carbons (Fsp3) is 0.684. The third kappa shape index (κ3) is 4.31. The van der Waals surface area contributed by atoms with Gasteiger partial charge in [0.1, 0.15) is 0 Å². The molecule has 2 fully saturated rings. The Morgan fingerprint density at radius 2 is 1.82 bits per heavy atom. The first-order valence-electron chi connectivity index (χ1n) is 8.80. The minimum absolute atomic E-state index is 0.690. The molecule has 1 aromatic rings. The van der Waals surface area contributed by atoms with E-state index in [-0.39, 0.29) is 0 Å². The number of nitrogens with zero attached hydrogens (tertiary/aromatic N) is 1. The van der Waals surface area contributed by atoms with Gasteiger partial charge in [0, 0.05) is 32.3 Å². The maximum atomic E-state index is 5.57. The Hall–Kier alpha value is -0.900. The number of hydrogen-bond acceptors (Lipinski definition) is 3. The topological polar surface area (TPSA) is 24.5 Å². The van der Waals surface area contributed by atoms with E-state index in [0.717, 1.165) is 25.7 Å². The van der Waals surface area contributed by atoms with Crippen LogP contribution in [-0.4, -0.2) is 43.8 Å². The maximum absolute atomic E-state index is 5.57. The zero-order valence-electron chi connectivity index (χ0n) is 14.1. The predicted octanol–water partition coefficient (Wildman–Crippen LogP) is 2.89. The third-order valence-corrected chi connectivity index (χ3v) is 5.03. The zero-order valence-corrected chi connectivity index (χ0v) is 14.1. The van der Waals surface area contributed by atoms with Crippen molar-refractivity contribution in [1.82, 2.24) is 10.2 Å². The van der Waals surface area contributed by atoms with Crippen molar-refractivity contribution in [3.05, 3.63) is 34.9 Å². The second kappa shape index (κ2) is 7.58.